The van der Waals surface area contributed by atoms with Crippen LogP contribution in [0.2, 0.25) is 0 Å². The Bertz CT molecular complexity index is 774. The molecule has 1 aliphatic rings. The molecule has 2 aromatic heterocycles. The Morgan fingerprint density at radius 2 is 1.77 bits per heavy atom. The maximum atomic E-state index is 4.81. The largest absolute Gasteiger partial charge is 0.355 e. The Morgan fingerprint density at radius 1 is 1.05 bits per heavy atom. The van der Waals surface area contributed by atoms with Crippen LogP contribution >= 0.6 is 0 Å². The highest BCUT2D eigenvalue weighted by Gasteiger charge is 2.23. The summed E-state index contributed by atoms with van der Waals surface area (Å²) in [5.41, 5.74) is 2.92. The van der Waals surface area contributed by atoms with Crippen LogP contribution in [0.15, 0.2) is 36.9 Å². The van der Waals surface area contributed by atoms with E-state index in [9.17, 15) is 0 Å². The molecule has 0 radical (unpaired) electrons. The smallest absolute Gasteiger partial charge is 0.150 e. The molecule has 6 nitrogen and oxygen atoms in total. The number of aromatic nitrogens is 5. The number of piperidine rings is 1. The van der Waals surface area contributed by atoms with Gasteiger partial charge in [0, 0.05) is 13.1 Å². The first kappa shape index (κ1) is 13.2. The van der Waals surface area contributed by atoms with Gasteiger partial charge in [-0.2, -0.15) is 5.10 Å². The lowest BCUT2D eigenvalue weighted by Crippen LogP contribution is -2.36. The number of hydrogen-bond donors (Lipinski definition) is 0. The van der Waals surface area contributed by atoms with Gasteiger partial charge in [-0.15, -0.1) is 0 Å². The zero-order valence-electron chi connectivity index (χ0n) is 12.6. The molecule has 22 heavy (non-hydrogen) atoms. The summed E-state index contributed by atoms with van der Waals surface area (Å²) in [5.74, 6) is 1.01. The van der Waals surface area contributed by atoms with Gasteiger partial charge >= 0.3 is 0 Å². The molecule has 0 aliphatic carbocycles. The quantitative estimate of drug-likeness (QED) is 0.726. The molecule has 1 aliphatic heterocycles. The summed E-state index contributed by atoms with van der Waals surface area (Å²) in [6, 6.07) is 8.48. The van der Waals surface area contributed by atoms with E-state index >= 15 is 0 Å². The molecule has 3 heterocycles. The van der Waals surface area contributed by atoms with E-state index in [1.165, 1.54) is 0 Å². The van der Waals surface area contributed by atoms with Crippen LogP contribution in [0.1, 0.15) is 24.6 Å². The number of anilines is 1. The molecule has 1 fully saturated rings. The summed E-state index contributed by atoms with van der Waals surface area (Å²) in [5, 5.41) is 4.26. The van der Waals surface area contributed by atoms with Crippen molar-refractivity contribution in [1.82, 2.24) is 24.7 Å². The molecule has 3 aromatic rings. The lowest BCUT2D eigenvalue weighted by molar-refractivity contribution is 0.365. The van der Waals surface area contributed by atoms with Gasteiger partial charge in [0.15, 0.2) is 5.82 Å². The average Bonchev–Trinajstić information content (AvgIpc) is 3.09. The number of nitrogens with zero attached hydrogens (tertiary/aromatic N) is 6. The standard InChI is InChI=1S/C16H18N6/c1-12-16(20-15-5-3-2-4-14(15)19-12)21-8-6-13(7-9-21)22-11-17-10-18-22/h2-5,10-11,13H,6-9H2,1H3. The Hall–Kier alpha value is -2.50. The van der Waals surface area contributed by atoms with Crippen LogP contribution in [0.4, 0.5) is 5.82 Å². The number of fused-ring (bicyclic) bond motifs is 1. The molecule has 0 atom stereocenters. The fourth-order valence-corrected chi connectivity index (χ4v) is 3.13. The second kappa shape index (κ2) is 5.36. The highest BCUT2D eigenvalue weighted by molar-refractivity contribution is 5.76. The average molecular weight is 294 g/mol. The second-order valence-corrected chi connectivity index (χ2v) is 5.72. The third-order valence-electron chi connectivity index (χ3n) is 4.29. The second-order valence-electron chi connectivity index (χ2n) is 5.72. The van der Waals surface area contributed by atoms with Crippen molar-refractivity contribution in [1.29, 1.82) is 0 Å². The van der Waals surface area contributed by atoms with E-state index in [0.29, 0.717) is 6.04 Å². The zero-order valence-corrected chi connectivity index (χ0v) is 12.6. The lowest BCUT2D eigenvalue weighted by atomic mass is 10.1. The summed E-state index contributed by atoms with van der Waals surface area (Å²) in [7, 11) is 0. The minimum Gasteiger partial charge on any atom is -0.355 e. The molecular weight excluding hydrogens is 276 g/mol. The molecule has 0 bridgehead atoms. The molecule has 4 rings (SSSR count). The molecule has 0 saturated carbocycles. The van der Waals surface area contributed by atoms with Crippen LogP contribution in [0.25, 0.3) is 11.0 Å². The minimum absolute atomic E-state index is 0.437. The first-order valence-electron chi connectivity index (χ1n) is 7.64. The Balaban J connectivity index is 1.57. The molecular formula is C16H18N6. The summed E-state index contributed by atoms with van der Waals surface area (Å²) in [6.45, 7) is 3.98. The summed E-state index contributed by atoms with van der Waals surface area (Å²) in [6.07, 6.45) is 5.52. The summed E-state index contributed by atoms with van der Waals surface area (Å²) in [4.78, 5) is 15.9. The van der Waals surface area contributed by atoms with E-state index in [1.807, 2.05) is 35.9 Å². The Labute approximate surface area is 128 Å². The Morgan fingerprint density at radius 3 is 2.45 bits per heavy atom. The van der Waals surface area contributed by atoms with Crippen molar-refractivity contribution >= 4 is 16.9 Å². The number of rotatable bonds is 2. The predicted molar refractivity (Wildman–Crippen MR) is 84.8 cm³/mol. The van der Waals surface area contributed by atoms with Crippen LogP contribution in [-0.4, -0.2) is 37.8 Å². The maximum absolute atomic E-state index is 4.81. The molecule has 1 saturated heterocycles. The number of aryl methyl sites for hydroxylation is 1. The predicted octanol–water partition coefficient (Wildman–Crippen LogP) is 2.37. The van der Waals surface area contributed by atoms with Gasteiger partial charge in [-0.3, -0.25) is 0 Å². The van der Waals surface area contributed by atoms with E-state index in [1.54, 1.807) is 12.7 Å². The van der Waals surface area contributed by atoms with Gasteiger partial charge in [-0.05, 0) is 31.9 Å². The van der Waals surface area contributed by atoms with Gasteiger partial charge in [-0.1, -0.05) is 12.1 Å². The normalized spacial score (nSPS) is 16.3. The van der Waals surface area contributed by atoms with E-state index < -0.39 is 0 Å². The van der Waals surface area contributed by atoms with Crippen molar-refractivity contribution in [2.24, 2.45) is 0 Å². The van der Waals surface area contributed by atoms with Crippen LogP contribution < -0.4 is 4.90 Å². The van der Waals surface area contributed by atoms with Crippen LogP contribution in [0.5, 0.6) is 0 Å². The van der Waals surface area contributed by atoms with Gasteiger partial charge in [0.1, 0.15) is 12.7 Å². The van der Waals surface area contributed by atoms with Crippen molar-refractivity contribution < 1.29 is 0 Å². The fourth-order valence-electron chi connectivity index (χ4n) is 3.13. The fraction of sp³-hybridized carbons (Fsp3) is 0.375. The van der Waals surface area contributed by atoms with Gasteiger partial charge in [0.05, 0.1) is 22.8 Å². The summed E-state index contributed by atoms with van der Waals surface area (Å²) >= 11 is 0. The first-order valence-corrected chi connectivity index (χ1v) is 7.64. The third-order valence-corrected chi connectivity index (χ3v) is 4.29. The number of hydrogen-bond acceptors (Lipinski definition) is 5. The summed E-state index contributed by atoms with van der Waals surface area (Å²) < 4.78 is 1.97. The Kier molecular flexibility index (Phi) is 3.21. The minimum atomic E-state index is 0.437. The molecule has 0 unspecified atom stereocenters. The van der Waals surface area contributed by atoms with Crippen LogP contribution in [0, 0.1) is 6.92 Å². The molecule has 1 aromatic carbocycles. The van der Waals surface area contributed by atoms with E-state index in [2.05, 4.69) is 20.0 Å². The van der Waals surface area contributed by atoms with E-state index in [4.69, 9.17) is 4.98 Å². The molecule has 0 spiro atoms. The third kappa shape index (κ3) is 2.30. The van der Waals surface area contributed by atoms with E-state index in [0.717, 1.165) is 48.5 Å². The zero-order chi connectivity index (χ0) is 14.9. The van der Waals surface area contributed by atoms with Crippen LogP contribution in [0.3, 0.4) is 0 Å². The highest BCUT2D eigenvalue weighted by Crippen LogP contribution is 2.27. The van der Waals surface area contributed by atoms with Crippen molar-refractivity contribution in [2.45, 2.75) is 25.8 Å². The molecule has 112 valence electrons. The molecule has 0 N–H and O–H groups in total. The van der Waals surface area contributed by atoms with Gasteiger partial charge < -0.3 is 4.90 Å². The van der Waals surface area contributed by atoms with Crippen molar-refractivity contribution in [2.75, 3.05) is 18.0 Å². The molecule has 0 amide bonds. The van der Waals surface area contributed by atoms with E-state index in [-0.39, 0.29) is 0 Å². The van der Waals surface area contributed by atoms with Gasteiger partial charge in [-0.25, -0.2) is 19.6 Å². The first-order chi connectivity index (χ1) is 10.8. The maximum Gasteiger partial charge on any atom is 0.150 e. The SMILES string of the molecule is Cc1nc2ccccc2nc1N1CCC(n2cncn2)CC1. The highest BCUT2D eigenvalue weighted by atomic mass is 15.3. The van der Waals surface area contributed by atoms with Crippen molar-refractivity contribution in [3.8, 4) is 0 Å². The lowest BCUT2D eigenvalue weighted by Gasteiger charge is -2.33. The number of para-hydroxylation sites is 2. The van der Waals surface area contributed by atoms with Gasteiger partial charge in [0.2, 0.25) is 0 Å². The van der Waals surface area contributed by atoms with Crippen molar-refractivity contribution in [3.63, 3.8) is 0 Å². The van der Waals surface area contributed by atoms with Gasteiger partial charge in [0.25, 0.3) is 0 Å². The topological polar surface area (TPSA) is 59.7 Å². The van der Waals surface area contributed by atoms with Crippen molar-refractivity contribution in [3.05, 3.63) is 42.6 Å². The molecule has 6 heteroatoms. The van der Waals surface area contributed by atoms with Crippen LogP contribution in [-0.2, 0) is 0 Å². The monoisotopic (exact) mass is 294 g/mol. The number of benzene rings is 1.